The predicted molar refractivity (Wildman–Crippen MR) is 87.4 cm³/mol. The molecule has 1 unspecified atom stereocenters. The fourth-order valence-corrected chi connectivity index (χ4v) is 2.62. The Hall–Kier alpha value is -1.53. The fourth-order valence-electron chi connectivity index (χ4n) is 2.23. The number of anilines is 1. The van der Waals surface area contributed by atoms with Gasteiger partial charge in [0.05, 0.1) is 5.71 Å². The van der Waals surface area contributed by atoms with Crippen LogP contribution in [0.25, 0.3) is 0 Å². The minimum absolute atomic E-state index is 0.0649. The number of carbonyl (C=O) groups is 2. The Kier molecular flexibility index (Phi) is 5.25. The van der Waals surface area contributed by atoms with Crippen LogP contribution in [0.1, 0.15) is 18.9 Å². The molecule has 0 saturated heterocycles. The van der Waals surface area contributed by atoms with Crippen molar-refractivity contribution in [2.45, 2.75) is 13.3 Å². The minimum Gasteiger partial charge on any atom is -0.302 e. The van der Waals surface area contributed by atoms with Gasteiger partial charge in [0.15, 0.2) is 0 Å². The second kappa shape index (κ2) is 6.95. The molecule has 1 aromatic rings. The third-order valence-electron chi connectivity index (χ3n) is 3.27. The van der Waals surface area contributed by atoms with Crippen LogP contribution in [0.2, 0.25) is 0 Å². The van der Waals surface area contributed by atoms with Crippen molar-refractivity contribution < 1.29 is 9.59 Å². The standard InChI is InChI=1S/C14H16ClN3O2S/c1-9-8-12(19)16-17-13(9)10-2-4-11(5-3-10)18(7-6-15)14(20)21/h2-5,9H,6-8H2,1H3,(H,16,19)(H,20,21). The van der Waals surface area contributed by atoms with Gasteiger partial charge in [-0.25, -0.2) is 5.43 Å². The summed E-state index contributed by atoms with van der Waals surface area (Å²) in [6, 6.07) is 7.39. The molecule has 1 aromatic carbocycles. The van der Waals surface area contributed by atoms with Crippen molar-refractivity contribution in [3.05, 3.63) is 29.8 Å². The molecule has 2 rings (SSSR count). The van der Waals surface area contributed by atoms with Gasteiger partial charge in [-0.1, -0.05) is 31.7 Å². The normalized spacial score (nSPS) is 18.0. The third kappa shape index (κ3) is 3.77. The molecule has 7 heteroatoms. The summed E-state index contributed by atoms with van der Waals surface area (Å²) in [5.41, 5.74) is 4.98. The van der Waals surface area contributed by atoms with Crippen LogP contribution >= 0.6 is 24.2 Å². The molecule has 1 heterocycles. The van der Waals surface area contributed by atoms with Gasteiger partial charge in [-0.2, -0.15) is 5.10 Å². The summed E-state index contributed by atoms with van der Waals surface area (Å²) >= 11 is 9.54. The maximum Gasteiger partial charge on any atom is 0.283 e. The summed E-state index contributed by atoms with van der Waals surface area (Å²) in [4.78, 5) is 24.2. The Bertz CT molecular complexity index is 574. The van der Waals surface area contributed by atoms with Gasteiger partial charge in [-0.05, 0) is 17.7 Å². The highest BCUT2D eigenvalue weighted by Crippen LogP contribution is 2.21. The number of nitrogens with zero attached hydrogens (tertiary/aromatic N) is 2. The van der Waals surface area contributed by atoms with Crippen molar-refractivity contribution in [3.63, 3.8) is 0 Å². The second-order valence-corrected chi connectivity index (χ2v) is 5.57. The predicted octanol–water partition coefficient (Wildman–Crippen LogP) is 2.64. The van der Waals surface area contributed by atoms with E-state index in [1.165, 1.54) is 4.90 Å². The van der Waals surface area contributed by atoms with Gasteiger partial charge in [0.2, 0.25) is 5.91 Å². The summed E-state index contributed by atoms with van der Waals surface area (Å²) in [6.07, 6.45) is 0.425. The molecular weight excluding hydrogens is 310 g/mol. The summed E-state index contributed by atoms with van der Waals surface area (Å²) < 4.78 is 0. The smallest absolute Gasteiger partial charge is 0.283 e. The first-order valence-electron chi connectivity index (χ1n) is 6.56. The van der Waals surface area contributed by atoms with Gasteiger partial charge in [0, 0.05) is 30.5 Å². The summed E-state index contributed by atoms with van der Waals surface area (Å²) in [5.74, 6) is 0.330. The van der Waals surface area contributed by atoms with Crippen molar-refractivity contribution in [3.8, 4) is 0 Å². The lowest BCUT2D eigenvalue weighted by Crippen LogP contribution is -2.32. The van der Waals surface area contributed by atoms with Crippen molar-refractivity contribution in [2.24, 2.45) is 11.0 Å². The average molecular weight is 326 g/mol. The van der Waals surface area contributed by atoms with Gasteiger partial charge in [-0.15, -0.1) is 11.6 Å². The summed E-state index contributed by atoms with van der Waals surface area (Å²) in [7, 11) is 0. The number of thiol groups is 1. The van der Waals surface area contributed by atoms with Crippen molar-refractivity contribution in [1.29, 1.82) is 0 Å². The zero-order valence-electron chi connectivity index (χ0n) is 11.5. The number of halogens is 1. The molecule has 21 heavy (non-hydrogen) atoms. The molecule has 2 amide bonds. The first-order valence-corrected chi connectivity index (χ1v) is 7.54. The molecule has 1 N–H and O–H groups in total. The van der Waals surface area contributed by atoms with E-state index in [2.05, 4.69) is 23.2 Å². The summed E-state index contributed by atoms with van der Waals surface area (Å²) in [6.45, 7) is 2.36. The van der Waals surface area contributed by atoms with E-state index >= 15 is 0 Å². The number of carbonyl (C=O) groups excluding carboxylic acids is 2. The number of alkyl halides is 1. The van der Waals surface area contributed by atoms with Crippen LogP contribution in [0.15, 0.2) is 29.4 Å². The maximum absolute atomic E-state index is 11.5. The first kappa shape index (κ1) is 15.9. The number of nitrogens with one attached hydrogen (secondary N) is 1. The van der Waals surface area contributed by atoms with Gasteiger partial charge in [-0.3, -0.25) is 9.59 Å². The number of amides is 2. The van der Waals surface area contributed by atoms with Crippen molar-refractivity contribution in [1.82, 2.24) is 5.43 Å². The topological polar surface area (TPSA) is 61.8 Å². The number of benzene rings is 1. The fraction of sp³-hybridized carbons (Fsp3) is 0.357. The SMILES string of the molecule is CC1CC(=O)NN=C1c1ccc(N(CCCl)C(=O)S)cc1. The third-order valence-corrected chi connectivity index (χ3v) is 3.68. The zero-order valence-corrected chi connectivity index (χ0v) is 13.2. The van der Waals surface area contributed by atoms with Crippen LogP contribution in [-0.2, 0) is 4.79 Å². The summed E-state index contributed by atoms with van der Waals surface area (Å²) in [5, 5.41) is 3.76. The number of hydrogen-bond donors (Lipinski definition) is 2. The van der Waals surface area contributed by atoms with E-state index in [1.54, 1.807) is 0 Å². The van der Waals surface area contributed by atoms with Gasteiger partial charge in [0.1, 0.15) is 0 Å². The average Bonchev–Trinajstić information content (AvgIpc) is 2.45. The zero-order chi connectivity index (χ0) is 15.4. The van der Waals surface area contributed by atoms with Gasteiger partial charge >= 0.3 is 0 Å². The molecule has 1 aliphatic heterocycles. The van der Waals surface area contributed by atoms with E-state index in [-0.39, 0.29) is 17.1 Å². The maximum atomic E-state index is 11.5. The monoisotopic (exact) mass is 325 g/mol. The largest absolute Gasteiger partial charge is 0.302 e. The Morgan fingerprint density at radius 1 is 1.48 bits per heavy atom. The van der Waals surface area contributed by atoms with Crippen molar-refractivity contribution in [2.75, 3.05) is 17.3 Å². The number of rotatable bonds is 4. The van der Waals surface area contributed by atoms with Crippen LogP contribution in [-0.4, -0.2) is 29.3 Å². The molecular formula is C14H16ClN3O2S. The van der Waals surface area contributed by atoms with Crippen LogP contribution in [0, 0.1) is 5.92 Å². The molecule has 0 fully saturated rings. The highest BCUT2D eigenvalue weighted by Gasteiger charge is 2.21. The molecule has 5 nitrogen and oxygen atoms in total. The number of hydrogen-bond acceptors (Lipinski definition) is 3. The van der Waals surface area contributed by atoms with Crippen LogP contribution in [0.4, 0.5) is 10.5 Å². The number of hydrazone groups is 1. The van der Waals surface area contributed by atoms with E-state index in [0.29, 0.717) is 18.8 Å². The molecule has 0 radical (unpaired) electrons. The van der Waals surface area contributed by atoms with Crippen LogP contribution in [0.5, 0.6) is 0 Å². The highest BCUT2D eigenvalue weighted by atomic mass is 35.5. The van der Waals surface area contributed by atoms with Crippen molar-refractivity contribution >= 4 is 46.8 Å². The molecule has 1 aliphatic rings. The van der Waals surface area contributed by atoms with Crippen LogP contribution in [0.3, 0.4) is 0 Å². The van der Waals surface area contributed by atoms with Crippen LogP contribution < -0.4 is 10.3 Å². The van der Waals surface area contributed by atoms with E-state index in [1.807, 2.05) is 31.2 Å². The lowest BCUT2D eigenvalue weighted by atomic mass is 9.94. The second-order valence-electron chi connectivity index (χ2n) is 4.81. The molecule has 0 aromatic heterocycles. The van der Waals surface area contributed by atoms with E-state index in [0.717, 1.165) is 17.0 Å². The Morgan fingerprint density at radius 3 is 2.67 bits per heavy atom. The Morgan fingerprint density at radius 2 is 2.14 bits per heavy atom. The molecule has 1 atom stereocenters. The molecule has 0 aliphatic carbocycles. The molecule has 112 valence electrons. The van der Waals surface area contributed by atoms with E-state index < -0.39 is 0 Å². The quantitative estimate of drug-likeness (QED) is 0.660. The minimum atomic E-state index is -0.348. The van der Waals surface area contributed by atoms with E-state index in [4.69, 9.17) is 11.6 Å². The van der Waals surface area contributed by atoms with Gasteiger partial charge in [0.25, 0.3) is 5.24 Å². The van der Waals surface area contributed by atoms with Gasteiger partial charge < -0.3 is 4.90 Å². The molecule has 0 bridgehead atoms. The Labute approximate surface area is 133 Å². The lowest BCUT2D eigenvalue weighted by molar-refractivity contribution is -0.121. The molecule has 0 spiro atoms. The van der Waals surface area contributed by atoms with E-state index in [9.17, 15) is 9.59 Å². The Balaban J connectivity index is 2.22. The molecule has 0 saturated carbocycles. The highest BCUT2D eigenvalue weighted by molar-refractivity contribution is 7.96. The first-order chi connectivity index (χ1) is 10.0. The lowest BCUT2D eigenvalue weighted by Gasteiger charge is -2.21.